The van der Waals surface area contributed by atoms with Crippen molar-refractivity contribution >= 4 is 11.5 Å². The molecule has 0 N–H and O–H groups in total. The van der Waals surface area contributed by atoms with Gasteiger partial charge in [-0.3, -0.25) is 0 Å². The summed E-state index contributed by atoms with van der Waals surface area (Å²) >= 11 is 0. The Hall–Kier alpha value is -1.77. The Morgan fingerprint density at radius 1 is 1.12 bits per heavy atom. The largest absolute Gasteiger partial charge is 0.497 e. The van der Waals surface area contributed by atoms with Crippen LogP contribution < -0.4 is 4.74 Å². The molecule has 6 rings (SSSR count). The molecule has 0 radical (unpaired) electrons. The highest BCUT2D eigenvalue weighted by atomic mass is 16.5. The van der Waals surface area contributed by atoms with Crippen LogP contribution in [0.4, 0.5) is 0 Å². The highest BCUT2D eigenvalue weighted by molar-refractivity contribution is 6.02. The van der Waals surface area contributed by atoms with E-state index in [4.69, 9.17) is 9.47 Å². The topological polar surface area (TPSA) is 35.5 Å². The first-order valence-electron chi connectivity index (χ1n) is 10.2. The quantitative estimate of drug-likeness (QED) is 0.731. The summed E-state index contributed by atoms with van der Waals surface area (Å²) in [5.41, 5.74) is 5.00. The summed E-state index contributed by atoms with van der Waals surface area (Å²) in [5.74, 6) is 3.35. The van der Waals surface area contributed by atoms with Crippen molar-refractivity contribution in [3.8, 4) is 5.75 Å². The van der Waals surface area contributed by atoms with Gasteiger partial charge in [-0.25, -0.2) is 4.79 Å². The number of hydrogen-bond acceptors (Lipinski definition) is 3. The number of carbonyl (C=O) groups is 1. The van der Waals surface area contributed by atoms with Gasteiger partial charge in [0.25, 0.3) is 0 Å². The summed E-state index contributed by atoms with van der Waals surface area (Å²) in [6, 6.07) is 6.35. The maximum Gasteiger partial charge on any atom is 0.334 e. The molecule has 1 aromatic rings. The molecular weight excluding hydrogens is 324 g/mol. The molecule has 0 atom stereocenters. The van der Waals surface area contributed by atoms with Crippen molar-refractivity contribution in [1.29, 1.82) is 0 Å². The van der Waals surface area contributed by atoms with Crippen molar-refractivity contribution in [2.45, 2.75) is 51.9 Å². The van der Waals surface area contributed by atoms with Crippen molar-refractivity contribution in [3.05, 3.63) is 34.9 Å². The first kappa shape index (κ1) is 16.4. The monoisotopic (exact) mass is 352 g/mol. The molecule has 3 heteroatoms. The molecule has 138 valence electrons. The van der Waals surface area contributed by atoms with Gasteiger partial charge < -0.3 is 9.47 Å². The third kappa shape index (κ3) is 2.35. The summed E-state index contributed by atoms with van der Waals surface area (Å²) < 4.78 is 10.9. The molecule has 0 aromatic heterocycles. The predicted octanol–water partition coefficient (Wildman–Crippen LogP) is 4.78. The lowest BCUT2D eigenvalue weighted by molar-refractivity contribution is -0.138. The molecule has 0 saturated heterocycles. The maximum atomic E-state index is 12.9. The van der Waals surface area contributed by atoms with E-state index in [0.29, 0.717) is 13.0 Å². The van der Waals surface area contributed by atoms with E-state index in [1.165, 1.54) is 55.2 Å². The Morgan fingerprint density at radius 2 is 1.77 bits per heavy atom. The molecule has 0 amide bonds. The van der Waals surface area contributed by atoms with Gasteiger partial charge in [-0.15, -0.1) is 0 Å². The lowest BCUT2D eigenvalue weighted by Gasteiger charge is -2.57. The molecule has 4 bridgehead atoms. The van der Waals surface area contributed by atoms with Crippen molar-refractivity contribution < 1.29 is 14.3 Å². The van der Waals surface area contributed by atoms with Crippen molar-refractivity contribution in [3.63, 3.8) is 0 Å². The van der Waals surface area contributed by atoms with E-state index in [1.807, 2.05) is 13.0 Å². The third-order valence-corrected chi connectivity index (χ3v) is 7.34. The van der Waals surface area contributed by atoms with Crippen LogP contribution in [0.3, 0.4) is 0 Å². The molecule has 4 fully saturated rings. The van der Waals surface area contributed by atoms with E-state index in [9.17, 15) is 4.79 Å². The number of rotatable bonds is 4. The zero-order valence-electron chi connectivity index (χ0n) is 15.8. The minimum atomic E-state index is -0.103. The molecule has 5 aliphatic carbocycles. The van der Waals surface area contributed by atoms with Gasteiger partial charge in [-0.05, 0) is 97.5 Å². The second-order valence-electron chi connectivity index (χ2n) is 8.97. The van der Waals surface area contributed by atoms with Gasteiger partial charge in [0, 0.05) is 12.0 Å². The number of fused-ring (bicyclic) bond motifs is 1. The number of methoxy groups -OCH3 is 1. The van der Waals surface area contributed by atoms with Gasteiger partial charge in [0.05, 0.1) is 13.7 Å². The van der Waals surface area contributed by atoms with Gasteiger partial charge in [-0.1, -0.05) is 6.07 Å². The summed E-state index contributed by atoms with van der Waals surface area (Å²) in [5, 5.41) is 0. The van der Waals surface area contributed by atoms with Gasteiger partial charge in [0.15, 0.2) is 0 Å². The Kier molecular flexibility index (Phi) is 3.70. The fourth-order valence-electron chi connectivity index (χ4n) is 6.94. The highest BCUT2D eigenvalue weighted by Gasteiger charge is 2.54. The highest BCUT2D eigenvalue weighted by Crippen LogP contribution is 2.66. The van der Waals surface area contributed by atoms with Gasteiger partial charge in [-0.2, -0.15) is 0 Å². The SMILES string of the molecule is CCOC(=O)C1=C(C23CC4CC(CC(C4)C2)C3)c2ccc(OC)cc2C1. The molecule has 0 aliphatic heterocycles. The zero-order chi connectivity index (χ0) is 17.9. The number of hydrogen-bond donors (Lipinski definition) is 0. The van der Waals surface area contributed by atoms with Crippen LogP contribution >= 0.6 is 0 Å². The molecule has 0 unspecified atom stereocenters. The molecule has 3 nitrogen and oxygen atoms in total. The second-order valence-corrected chi connectivity index (χ2v) is 8.97. The van der Waals surface area contributed by atoms with E-state index < -0.39 is 0 Å². The summed E-state index contributed by atoms with van der Waals surface area (Å²) in [6.45, 7) is 2.34. The van der Waals surface area contributed by atoms with E-state index in [2.05, 4.69) is 12.1 Å². The van der Waals surface area contributed by atoms with Crippen LogP contribution in [-0.2, 0) is 16.0 Å². The lowest BCUT2D eigenvalue weighted by Crippen LogP contribution is -2.46. The fourth-order valence-corrected chi connectivity index (χ4v) is 6.94. The molecular formula is C23H28O3. The summed E-state index contributed by atoms with van der Waals surface area (Å²) in [4.78, 5) is 12.9. The molecule has 0 heterocycles. The summed E-state index contributed by atoms with van der Waals surface area (Å²) in [6.07, 6.45) is 8.74. The van der Waals surface area contributed by atoms with Crippen molar-refractivity contribution in [2.75, 3.05) is 13.7 Å². The first-order valence-corrected chi connectivity index (χ1v) is 10.2. The smallest absolute Gasteiger partial charge is 0.334 e. The van der Waals surface area contributed by atoms with Crippen molar-refractivity contribution in [2.24, 2.45) is 23.2 Å². The number of ether oxygens (including phenoxy) is 2. The van der Waals surface area contributed by atoms with E-state index in [0.717, 1.165) is 29.1 Å². The number of carbonyl (C=O) groups excluding carboxylic acids is 1. The van der Waals surface area contributed by atoms with Crippen LogP contribution in [0.5, 0.6) is 5.75 Å². The van der Waals surface area contributed by atoms with Crippen LogP contribution in [0.25, 0.3) is 5.57 Å². The molecule has 26 heavy (non-hydrogen) atoms. The number of allylic oxidation sites excluding steroid dienone is 1. The van der Waals surface area contributed by atoms with Crippen LogP contribution in [0.1, 0.15) is 56.6 Å². The van der Waals surface area contributed by atoms with Gasteiger partial charge >= 0.3 is 5.97 Å². The van der Waals surface area contributed by atoms with E-state index in [-0.39, 0.29) is 11.4 Å². The predicted molar refractivity (Wildman–Crippen MR) is 101 cm³/mol. The molecule has 0 spiro atoms. The van der Waals surface area contributed by atoms with Gasteiger partial charge in [0.1, 0.15) is 5.75 Å². The van der Waals surface area contributed by atoms with Gasteiger partial charge in [0.2, 0.25) is 0 Å². The van der Waals surface area contributed by atoms with E-state index >= 15 is 0 Å². The minimum Gasteiger partial charge on any atom is -0.497 e. The Bertz CT molecular complexity index is 753. The Morgan fingerprint density at radius 3 is 2.35 bits per heavy atom. The molecule has 4 saturated carbocycles. The lowest BCUT2D eigenvalue weighted by atomic mass is 9.47. The minimum absolute atomic E-state index is 0.103. The van der Waals surface area contributed by atoms with Crippen LogP contribution in [0.2, 0.25) is 0 Å². The zero-order valence-corrected chi connectivity index (χ0v) is 15.8. The maximum absolute atomic E-state index is 12.9. The van der Waals surface area contributed by atoms with Crippen LogP contribution in [0.15, 0.2) is 23.8 Å². The number of benzene rings is 1. The van der Waals surface area contributed by atoms with Crippen LogP contribution in [0, 0.1) is 23.2 Å². The second kappa shape index (κ2) is 5.87. The Labute approximate surface area is 155 Å². The first-order chi connectivity index (χ1) is 12.6. The molecule has 1 aromatic carbocycles. The normalized spacial score (nSPS) is 34.2. The Balaban J connectivity index is 1.63. The average Bonchev–Trinajstić information content (AvgIpc) is 3.00. The average molecular weight is 352 g/mol. The van der Waals surface area contributed by atoms with E-state index in [1.54, 1.807) is 7.11 Å². The molecule has 5 aliphatic rings. The van der Waals surface area contributed by atoms with Crippen LogP contribution in [-0.4, -0.2) is 19.7 Å². The third-order valence-electron chi connectivity index (χ3n) is 7.34. The standard InChI is InChI=1S/C23H28O3/c1-3-26-22(24)20-10-17-9-18(25-2)4-5-19(17)21(20)23-11-14-6-15(12-23)8-16(7-14)13-23/h4-5,9,14-16H,3,6-8,10-13H2,1-2H3. The summed E-state index contributed by atoms with van der Waals surface area (Å²) in [7, 11) is 1.70. The number of esters is 1. The fraction of sp³-hybridized carbons (Fsp3) is 0.609. The van der Waals surface area contributed by atoms with Crippen molar-refractivity contribution in [1.82, 2.24) is 0 Å².